The molecule has 0 aliphatic rings. The maximum absolute atomic E-state index is 13.1. The van der Waals surface area contributed by atoms with Crippen molar-refractivity contribution in [2.24, 2.45) is 0 Å². The van der Waals surface area contributed by atoms with Gasteiger partial charge in [0.1, 0.15) is 12.4 Å². The molecule has 0 spiro atoms. The Labute approximate surface area is 193 Å². The normalized spacial score (nSPS) is 11.0. The summed E-state index contributed by atoms with van der Waals surface area (Å²) in [6, 6.07) is 19.3. The molecular weight excluding hydrogens is 442 g/mol. The Balaban J connectivity index is 1.76. The molecule has 0 aliphatic carbocycles. The molecular formula is C25H25NO6S. The number of anilines is 1. The Morgan fingerprint density at radius 2 is 1.55 bits per heavy atom. The van der Waals surface area contributed by atoms with Crippen molar-refractivity contribution in [3.05, 3.63) is 89.5 Å². The lowest BCUT2D eigenvalue weighted by Crippen LogP contribution is -2.30. The number of hydrogen-bond donors (Lipinski definition) is 0. The summed E-state index contributed by atoms with van der Waals surface area (Å²) in [5.41, 5.74) is 1.80. The monoisotopic (exact) mass is 467 g/mol. The molecule has 0 radical (unpaired) electrons. The van der Waals surface area contributed by atoms with Crippen LogP contribution in [-0.4, -0.2) is 33.8 Å². The van der Waals surface area contributed by atoms with Crippen molar-refractivity contribution in [2.45, 2.75) is 25.3 Å². The van der Waals surface area contributed by atoms with Gasteiger partial charge in [0.2, 0.25) is 0 Å². The fourth-order valence-corrected chi connectivity index (χ4v) is 4.79. The highest BCUT2D eigenvalue weighted by Crippen LogP contribution is 2.24. The van der Waals surface area contributed by atoms with Gasteiger partial charge in [0.25, 0.3) is 10.0 Å². The second-order valence-corrected chi connectivity index (χ2v) is 9.05. The van der Waals surface area contributed by atoms with E-state index in [0.717, 1.165) is 0 Å². The van der Waals surface area contributed by atoms with Crippen LogP contribution in [0.3, 0.4) is 0 Å². The summed E-state index contributed by atoms with van der Waals surface area (Å²) in [4.78, 5) is 24.2. The fourth-order valence-electron chi connectivity index (χ4n) is 3.31. The number of nitrogens with zero attached hydrogens (tertiary/aromatic N) is 1. The number of ether oxygens (including phenoxy) is 2. The molecule has 0 saturated carbocycles. The topological polar surface area (TPSA) is 90.0 Å². The summed E-state index contributed by atoms with van der Waals surface area (Å²) in [5, 5.41) is 0. The van der Waals surface area contributed by atoms with Gasteiger partial charge >= 0.3 is 5.97 Å². The zero-order valence-electron chi connectivity index (χ0n) is 18.6. The average molecular weight is 468 g/mol. The third-order valence-electron chi connectivity index (χ3n) is 5.06. The van der Waals surface area contributed by atoms with E-state index in [2.05, 4.69) is 0 Å². The van der Waals surface area contributed by atoms with E-state index in [1.54, 1.807) is 49.4 Å². The van der Waals surface area contributed by atoms with Crippen molar-refractivity contribution < 1.29 is 27.5 Å². The van der Waals surface area contributed by atoms with Crippen molar-refractivity contribution in [2.75, 3.05) is 18.0 Å². The number of sulfonamides is 1. The Morgan fingerprint density at radius 3 is 2.12 bits per heavy atom. The number of hydrogen-bond acceptors (Lipinski definition) is 6. The molecule has 172 valence electrons. The lowest BCUT2D eigenvalue weighted by atomic mass is 10.1. The van der Waals surface area contributed by atoms with Crippen molar-refractivity contribution in [1.29, 1.82) is 0 Å². The summed E-state index contributed by atoms with van der Waals surface area (Å²) < 4.78 is 38.1. The van der Waals surface area contributed by atoms with Crippen molar-refractivity contribution in [3.63, 3.8) is 0 Å². The van der Waals surface area contributed by atoms with Crippen LogP contribution in [0.1, 0.15) is 40.1 Å². The molecule has 0 saturated heterocycles. The molecule has 8 heteroatoms. The zero-order valence-corrected chi connectivity index (χ0v) is 19.5. The number of rotatable bonds is 9. The van der Waals surface area contributed by atoms with E-state index in [4.69, 9.17) is 9.47 Å². The molecule has 0 aromatic heterocycles. The highest BCUT2D eigenvalue weighted by atomic mass is 32.2. The number of methoxy groups -OCH3 is 1. The van der Waals surface area contributed by atoms with Crippen LogP contribution in [-0.2, 0) is 21.4 Å². The minimum Gasteiger partial charge on any atom is -0.496 e. The number of Topliss-reactive ketones (excluding diaryl/α,β-unsaturated/α-hetero) is 1. The summed E-state index contributed by atoms with van der Waals surface area (Å²) >= 11 is 0. The van der Waals surface area contributed by atoms with Crippen LogP contribution in [0.4, 0.5) is 5.69 Å². The molecule has 0 aliphatic heterocycles. The smallest absolute Gasteiger partial charge is 0.338 e. The highest BCUT2D eigenvalue weighted by Gasteiger charge is 2.24. The van der Waals surface area contributed by atoms with E-state index in [9.17, 15) is 18.0 Å². The van der Waals surface area contributed by atoms with Crippen molar-refractivity contribution >= 4 is 27.5 Å². The molecule has 0 unspecified atom stereocenters. The first kappa shape index (κ1) is 24.0. The van der Waals surface area contributed by atoms with Gasteiger partial charge in [-0.3, -0.25) is 9.10 Å². The molecule has 0 heterocycles. The van der Waals surface area contributed by atoms with Crippen LogP contribution in [0.15, 0.2) is 77.7 Å². The van der Waals surface area contributed by atoms with Gasteiger partial charge in [0.05, 0.1) is 23.3 Å². The largest absolute Gasteiger partial charge is 0.496 e. The summed E-state index contributed by atoms with van der Waals surface area (Å²) in [6.07, 6.45) is 0. The Kier molecular flexibility index (Phi) is 7.50. The minimum atomic E-state index is -3.79. The van der Waals surface area contributed by atoms with E-state index < -0.39 is 16.0 Å². The summed E-state index contributed by atoms with van der Waals surface area (Å²) in [7, 11) is -2.30. The first-order valence-corrected chi connectivity index (χ1v) is 11.7. The SMILES string of the molecule is CCN(c1ccccc1)S(=O)(=O)c1ccc(C(=O)OCc2cc(C(C)=O)ccc2OC)cc1. The molecule has 33 heavy (non-hydrogen) atoms. The van der Waals surface area contributed by atoms with Gasteiger partial charge in [0, 0.05) is 17.7 Å². The average Bonchev–Trinajstić information content (AvgIpc) is 2.83. The maximum Gasteiger partial charge on any atom is 0.338 e. The van der Waals surface area contributed by atoms with Gasteiger partial charge in [-0.15, -0.1) is 0 Å². The number of benzene rings is 3. The molecule has 3 aromatic rings. The van der Waals surface area contributed by atoms with E-state index >= 15 is 0 Å². The summed E-state index contributed by atoms with van der Waals surface area (Å²) in [6.45, 7) is 3.37. The number of ketones is 1. The first-order valence-electron chi connectivity index (χ1n) is 10.3. The highest BCUT2D eigenvalue weighted by molar-refractivity contribution is 7.92. The van der Waals surface area contributed by atoms with E-state index in [1.165, 1.54) is 42.6 Å². The quantitative estimate of drug-likeness (QED) is 0.341. The second-order valence-electron chi connectivity index (χ2n) is 7.19. The molecule has 7 nitrogen and oxygen atoms in total. The van der Waals surface area contributed by atoms with Gasteiger partial charge in [-0.2, -0.15) is 0 Å². The lowest BCUT2D eigenvalue weighted by Gasteiger charge is -2.23. The van der Waals surface area contributed by atoms with E-state index in [0.29, 0.717) is 22.6 Å². The maximum atomic E-state index is 13.1. The first-order chi connectivity index (χ1) is 15.8. The third kappa shape index (κ3) is 5.40. The lowest BCUT2D eigenvalue weighted by molar-refractivity contribution is 0.0470. The van der Waals surface area contributed by atoms with Crippen molar-refractivity contribution in [1.82, 2.24) is 0 Å². The van der Waals surface area contributed by atoms with Gasteiger partial charge < -0.3 is 9.47 Å². The number of esters is 1. The molecule has 0 atom stereocenters. The molecule has 3 aromatic carbocycles. The predicted molar refractivity (Wildman–Crippen MR) is 125 cm³/mol. The predicted octanol–water partition coefficient (Wildman–Crippen LogP) is 4.47. The van der Waals surface area contributed by atoms with E-state index in [1.807, 2.05) is 6.07 Å². The van der Waals surface area contributed by atoms with Gasteiger partial charge in [-0.1, -0.05) is 18.2 Å². The molecule has 0 fully saturated rings. The summed E-state index contributed by atoms with van der Waals surface area (Å²) in [5.74, 6) is -0.238. The van der Waals surface area contributed by atoms with Crippen molar-refractivity contribution in [3.8, 4) is 5.75 Å². The molecule has 0 bridgehead atoms. The van der Waals surface area contributed by atoms with Crippen LogP contribution in [0.2, 0.25) is 0 Å². The van der Waals surface area contributed by atoms with Gasteiger partial charge in [0.15, 0.2) is 5.78 Å². The molecule has 0 amide bonds. The number of para-hydroxylation sites is 1. The van der Waals surface area contributed by atoms with Crippen LogP contribution >= 0.6 is 0 Å². The second kappa shape index (κ2) is 10.3. The Bertz CT molecular complexity index is 1240. The van der Waals surface area contributed by atoms with Gasteiger partial charge in [-0.05, 0) is 68.4 Å². The van der Waals surface area contributed by atoms with Crippen LogP contribution in [0.5, 0.6) is 5.75 Å². The van der Waals surface area contributed by atoms with Crippen LogP contribution < -0.4 is 9.04 Å². The Hall–Kier alpha value is -3.65. The zero-order chi connectivity index (χ0) is 24.0. The minimum absolute atomic E-state index is 0.0700. The Morgan fingerprint density at radius 1 is 0.909 bits per heavy atom. The standard InChI is InChI=1S/C25H25NO6S/c1-4-26(22-8-6-5-7-9-22)33(29,30)23-13-10-19(11-14-23)25(28)32-17-21-16-20(18(2)27)12-15-24(21)31-3/h5-16H,4,17H2,1-3H3. The third-order valence-corrected chi connectivity index (χ3v) is 6.97. The molecule has 3 rings (SSSR count). The molecule has 0 N–H and O–H groups in total. The number of carbonyl (C=O) groups is 2. The number of carbonyl (C=O) groups excluding carboxylic acids is 2. The van der Waals surface area contributed by atoms with Crippen LogP contribution in [0, 0.1) is 0 Å². The fraction of sp³-hybridized carbons (Fsp3) is 0.200. The van der Waals surface area contributed by atoms with E-state index in [-0.39, 0.29) is 29.4 Å². The van der Waals surface area contributed by atoms with Crippen LogP contribution in [0.25, 0.3) is 0 Å². The van der Waals surface area contributed by atoms with Gasteiger partial charge in [-0.25, -0.2) is 13.2 Å².